The van der Waals surface area contributed by atoms with Crippen molar-refractivity contribution < 1.29 is 5.11 Å². The number of hydrogen-bond donors (Lipinski definition) is 2. The Morgan fingerprint density at radius 1 is 1.46 bits per heavy atom. The summed E-state index contributed by atoms with van der Waals surface area (Å²) in [6, 6.07) is 0. The average Bonchev–Trinajstić information content (AvgIpc) is 2.60. The van der Waals surface area contributed by atoms with Crippen molar-refractivity contribution in [1.82, 2.24) is 14.8 Å². The maximum absolute atomic E-state index is 9.53. The molecule has 0 bridgehead atoms. The van der Waals surface area contributed by atoms with Crippen LogP contribution < -0.4 is 5.73 Å². The number of aromatic nitrogens is 3. The summed E-state index contributed by atoms with van der Waals surface area (Å²) in [7, 11) is 0. The summed E-state index contributed by atoms with van der Waals surface area (Å²) >= 11 is 0. The van der Waals surface area contributed by atoms with Crippen molar-refractivity contribution in [2.24, 2.45) is 5.73 Å². The number of hydrogen-bond acceptors (Lipinski definition) is 4. The largest absolute Gasteiger partial charge is 0.384 e. The molecule has 0 aromatic carbocycles. The van der Waals surface area contributed by atoms with Gasteiger partial charge in [-0.1, -0.05) is 0 Å². The van der Waals surface area contributed by atoms with Crippen molar-refractivity contribution in [3.05, 3.63) is 11.6 Å². The van der Waals surface area contributed by atoms with Crippen molar-refractivity contribution in [3.63, 3.8) is 0 Å². The third-order valence-corrected chi connectivity index (χ3v) is 2.41. The van der Waals surface area contributed by atoms with Crippen LogP contribution in [0.25, 0.3) is 0 Å². The number of nitrogens with zero attached hydrogens (tertiary/aromatic N) is 3. The molecule has 72 valence electrons. The van der Waals surface area contributed by atoms with Gasteiger partial charge in [-0.15, -0.1) is 10.2 Å². The van der Waals surface area contributed by atoms with Crippen LogP contribution in [0.1, 0.15) is 30.6 Å². The van der Waals surface area contributed by atoms with E-state index in [0.29, 0.717) is 5.82 Å². The molecule has 0 radical (unpaired) electrons. The predicted molar refractivity (Wildman–Crippen MR) is 47.0 cm³/mol. The van der Waals surface area contributed by atoms with Crippen LogP contribution in [-0.2, 0) is 13.0 Å². The van der Waals surface area contributed by atoms with Crippen LogP contribution in [0.15, 0.2) is 0 Å². The van der Waals surface area contributed by atoms with Crippen molar-refractivity contribution in [2.75, 3.05) is 6.54 Å². The summed E-state index contributed by atoms with van der Waals surface area (Å²) in [6.07, 6.45) is 2.59. The van der Waals surface area contributed by atoms with Gasteiger partial charge in [-0.3, -0.25) is 0 Å². The zero-order chi connectivity index (χ0) is 9.26. The minimum atomic E-state index is -0.667. The van der Waals surface area contributed by atoms with Crippen molar-refractivity contribution >= 4 is 0 Å². The van der Waals surface area contributed by atoms with E-state index in [-0.39, 0.29) is 6.54 Å². The first-order chi connectivity index (χ1) is 6.33. The molecule has 0 saturated heterocycles. The Hall–Kier alpha value is -0.940. The van der Waals surface area contributed by atoms with E-state index in [4.69, 9.17) is 5.73 Å². The maximum atomic E-state index is 9.53. The summed E-state index contributed by atoms with van der Waals surface area (Å²) < 4.78 is 1.99. The number of nitrogens with two attached hydrogens (primary N) is 1. The highest BCUT2D eigenvalue weighted by molar-refractivity contribution is 5.01. The van der Waals surface area contributed by atoms with Gasteiger partial charge in [0, 0.05) is 19.5 Å². The smallest absolute Gasteiger partial charge is 0.163 e. The molecular formula is C8H14N4O. The molecule has 2 rings (SSSR count). The van der Waals surface area contributed by atoms with E-state index in [9.17, 15) is 5.11 Å². The van der Waals surface area contributed by atoms with E-state index >= 15 is 0 Å². The molecule has 0 saturated carbocycles. The molecule has 13 heavy (non-hydrogen) atoms. The minimum absolute atomic E-state index is 0.206. The van der Waals surface area contributed by atoms with E-state index in [1.807, 2.05) is 4.57 Å². The maximum Gasteiger partial charge on any atom is 0.163 e. The Bertz CT molecular complexity index is 296. The Labute approximate surface area is 76.6 Å². The summed E-state index contributed by atoms with van der Waals surface area (Å²) in [4.78, 5) is 0. The fourth-order valence-corrected chi connectivity index (χ4v) is 1.68. The topological polar surface area (TPSA) is 77.0 Å². The molecule has 5 heteroatoms. The van der Waals surface area contributed by atoms with E-state index in [2.05, 4.69) is 10.2 Å². The van der Waals surface area contributed by atoms with Crippen LogP contribution >= 0.6 is 0 Å². The molecule has 2 heterocycles. The molecule has 5 nitrogen and oxygen atoms in total. The van der Waals surface area contributed by atoms with Crippen LogP contribution in [0.3, 0.4) is 0 Å². The summed E-state index contributed by atoms with van der Waals surface area (Å²) in [5.74, 6) is 1.60. The molecule has 1 aromatic heterocycles. The highest BCUT2D eigenvalue weighted by atomic mass is 16.3. The lowest BCUT2D eigenvalue weighted by atomic mass is 10.1. The molecule has 3 N–H and O–H groups in total. The molecule has 0 amide bonds. The van der Waals surface area contributed by atoms with Gasteiger partial charge in [-0.25, -0.2) is 0 Å². The fourth-order valence-electron chi connectivity index (χ4n) is 1.68. The first-order valence-electron chi connectivity index (χ1n) is 4.63. The zero-order valence-corrected chi connectivity index (χ0v) is 7.48. The molecule has 1 aromatic rings. The van der Waals surface area contributed by atoms with Gasteiger partial charge < -0.3 is 15.4 Å². The number of rotatable bonds is 2. The fraction of sp³-hybridized carbons (Fsp3) is 0.750. The number of aryl methyl sites for hydroxylation is 1. The van der Waals surface area contributed by atoms with Gasteiger partial charge in [0.05, 0.1) is 0 Å². The van der Waals surface area contributed by atoms with E-state index in [1.165, 1.54) is 0 Å². The molecule has 0 spiro atoms. The van der Waals surface area contributed by atoms with Crippen LogP contribution in [0.2, 0.25) is 0 Å². The highest BCUT2D eigenvalue weighted by Gasteiger charge is 2.19. The lowest BCUT2D eigenvalue weighted by Crippen LogP contribution is -2.19. The van der Waals surface area contributed by atoms with Crippen LogP contribution in [0.5, 0.6) is 0 Å². The minimum Gasteiger partial charge on any atom is -0.384 e. The van der Waals surface area contributed by atoms with Gasteiger partial charge in [0.2, 0.25) is 0 Å². The van der Waals surface area contributed by atoms with Gasteiger partial charge in [-0.05, 0) is 12.8 Å². The summed E-state index contributed by atoms with van der Waals surface area (Å²) in [5, 5.41) is 17.5. The van der Waals surface area contributed by atoms with Crippen LogP contribution in [0, 0.1) is 0 Å². The first kappa shape index (κ1) is 8.65. The monoisotopic (exact) mass is 182 g/mol. The Kier molecular flexibility index (Phi) is 2.28. The van der Waals surface area contributed by atoms with Crippen molar-refractivity contribution in [2.45, 2.75) is 31.9 Å². The van der Waals surface area contributed by atoms with Gasteiger partial charge >= 0.3 is 0 Å². The van der Waals surface area contributed by atoms with Gasteiger partial charge in [-0.2, -0.15) is 0 Å². The second kappa shape index (κ2) is 3.43. The zero-order valence-electron chi connectivity index (χ0n) is 7.48. The molecule has 1 aliphatic heterocycles. The van der Waals surface area contributed by atoms with Crippen molar-refractivity contribution in [1.29, 1.82) is 0 Å². The van der Waals surface area contributed by atoms with Gasteiger partial charge in [0.25, 0.3) is 0 Å². The third-order valence-electron chi connectivity index (χ3n) is 2.41. The molecular weight excluding hydrogens is 168 g/mol. The summed E-state index contributed by atoms with van der Waals surface area (Å²) in [5.41, 5.74) is 5.37. The Morgan fingerprint density at radius 3 is 3.08 bits per heavy atom. The van der Waals surface area contributed by atoms with Crippen LogP contribution in [0.4, 0.5) is 0 Å². The molecule has 0 aliphatic carbocycles. The van der Waals surface area contributed by atoms with Crippen LogP contribution in [-0.4, -0.2) is 26.4 Å². The third kappa shape index (κ3) is 1.45. The standard InChI is InChI=1S/C8H14N4O/c9-5-6(13)8-11-10-7-3-1-2-4-12(7)8/h6,13H,1-5,9H2. The lowest BCUT2D eigenvalue weighted by Gasteiger charge is -2.16. The summed E-state index contributed by atoms with van der Waals surface area (Å²) in [6.45, 7) is 1.12. The number of aliphatic hydroxyl groups excluding tert-OH is 1. The van der Waals surface area contributed by atoms with E-state index in [0.717, 1.165) is 31.6 Å². The quantitative estimate of drug-likeness (QED) is 0.653. The van der Waals surface area contributed by atoms with Gasteiger partial charge in [0.1, 0.15) is 11.9 Å². The lowest BCUT2D eigenvalue weighted by molar-refractivity contribution is 0.170. The second-order valence-electron chi connectivity index (χ2n) is 3.33. The van der Waals surface area contributed by atoms with Crippen molar-refractivity contribution in [3.8, 4) is 0 Å². The average molecular weight is 182 g/mol. The normalized spacial score (nSPS) is 18.3. The Morgan fingerprint density at radius 2 is 2.31 bits per heavy atom. The SMILES string of the molecule is NCC(O)c1nnc2n1CCCC2. The molecule has 0 fully saturated rings. The number of aliphatic hydroxyl groups is 1. The molecule has 1 unspecified atom stereocenters. The van der Waals surface area contributed by atoms with Gasteiger partial charge in [0.15, 0.2) is 5.82 Å². The first-order valence-corrected chi connectivity index (χ1v) is 4.63. The van der Waals surface area contributed by atoms with E-state index in [1.54, 1.807) is 0 Å². The van der Waals surface area contributed by atoms with E-state index < -0.39 is 6.10 Å². The molecule has 1 atom stereocenters. The predicted octanol–water partition coefficient (Wildman–Crippen LogP) is -0.394. The molecule has 1 aliphatic rings. The number of fused-ring (bicyclic) bond motifs is 1. The highest BCUT2D eigenvalue weighted by Crippen LogP contribution is 2.17. The Balaban J connectivity index is 2.31. The second-order valence-corrected chi connectivity index (χ2v) is 3.33.